The van der Waals surface area contributed by atoms with Gasteiger partial charge in [-0.2, -0.15) is 0 Å². The molecular formula is C24H30F4INO3SSi. The van der Waals surface area contributed by atoms with E-state index < -0.39 is 64.0 Å². The third kappa shape index (κ3) is 6.04. The molecule has 0 unspecified atom stereocenters. The maximum absolute atomic E-state index is 14.8. The van der Waals surface area contributed by atoms with E-state index >= 15 is 0 Å². The van der Waals surface area contributed by atoms with Gasteiger partial charge in [0.15, 0.2) is 25.8 Å². The molecule has 0 radical (unpaired) electrons. The largest absolute Gasteiger partial charge is 0.417 e. The normalized spacial score (nSPS) is 15.8. The van der Waals surface area contributed by atoms with Gasteiger partial charge in [-0.3, -0.25) is 4.72 Å². The Balaban J connectivity index is 1.88. The standard InChI is InChI=1S/C24H30F4INO3SSi/c1-23(2,3)35(4,5)33-11-10-24(8-9-24)34(31,32)30-22-17(21(28)19(26)14-20(22)27)12-15-6-7-16(29)13-18(15)25/h6-7,13-14,30H,8-12H2,1-5H3. The molecule has 4 nitrogen and oxygen atoms in total. The topological polar surface area (TPSA) is 55.4 Å². The Morgan fingerprint density at radius 3 is 2.23 bits per heavy atom. The van der Waals surface area contributed by atoms with Crippen molar-refractivity contribution >= 4 is 46.6 Å². The van der Waals surface area contributed by atoms with E-state index in [1.807, 2.05) is 22.6 Å². The first-order valence-electron chi connectivity index (χ1n) is 11.3. The first kappa shape index (κ1) is 28.4. The van der Waals surface area contributed by atoms with Crippen LogP contribution in [-0.2, 0) is 20.9 Å². The maximum atomic E-state index is 14.8. The average molecular weight is 644 g/mol. The summed E-state index contributed by atoms with van der Waals surface area (Å²) in [6.45, 7) is 10.6. The van der Waals surface area contributed by atoms with Gasteiger partial charge in [0.05, 0.1) is 10.4 Å². The molecule has 2 aromatic carbocycles. The summed E-state index contributed by atoms with van der Waals surface area (Å²) in [6, 6.07) is 4.44. The van der Waals surface area contributed by atoms with Crippen LogP contribution in [0.5, 0.6) is 0 Å². The molecule has 0 spiro atoms. The minimum Gasteiger partial charge on any atom is -0.417 e. The van der Waals surface area contributed by atoms with Crippen molar-refractivity contribution in [1.29, 1.82) is 0 Å². The van der Waals surface area contributed by atoms with Crippen LogP contribution in [0.3, 0.4) is 0 Å². The van der Waals surface area contributed by atoms with Crippen molar-refractivity contribution in [3.63, 3.8) is 0 Å². The Labute approximate surface area is 219 Å². The van der Waals surface area contributed by atoms with Crippen molar-refractivity contribution in [1.82, 2.24) is 0 Å². The molecule has 194 valence electrons. The van der Waals surface area contributed by atoms with Gasteiger partial charge in [-0.15, -0.1) is 0 Å². The third-order valence-corrected chi connectivity index (χ3v) is 14.5. The maximum Gasteiger partial charge on any atom is 0.238 e. The summed E-state index contributed by atoms with van der Waals surface area (Å²) in [6.07, 6.45) is 0.356. The van der Waals surface area contributed by atoms with E-state index in [4.69, 9.17) is 4.43 Å². The molecule has 1 aliphatic carbocycles. The second-order valence-electron chi connectivity index (χ2n) is 10.6. The lowest BCUT2D eigenvalue weighted by atomic mass is 10.0. The Morgan fingerprint density at radius 1 is 1.06 bits per heavy atom. The van der Waals surface area contributed by atoms with Gasteiger partial charge in [0, 0.05) is 28.2 Å². The van der Waals surface area contributed by atoms with Crippen LogP contribution in [0.2, 0.25) is 18.1 Å². The second kappa shape index (κ2) is 9.94. The summed E-state index contributed by atoms with van der Waals surface area (Å²) < 4.78 is 92.3. The van der Waals surface area contributed by atoms with E-state index in [0.29, 0.717) is 22.5 Å². The number of rotatable bonds is 9. The molecule has 0 bridgehead atoms. The van der Waals surface area contributed by atoms with Crippen LogP contribution < -0.4 is 4.72 Å². The van der Waals surface area contributed by atoms with E-state index in [0.717, 1.165) is 0 Å². The van der Waals surface area contributed by atoms with Crippen molar-refractivity contribution < 1.29 is 30.4 Å². The lowest BCUT2D eigenvalue weighted by Crippen LogP contribution is -2.42. The van der Waals surface area contributed by atoms with Gasteiger partial charge in [-0.05, 0) is 77.7 Å². The first-order chi connectivity index (χ1) is 16.0. The van der Waals surface area contributed by atoms with Crippen LogP contribution >= 0.6 is 22.6 Å². The molecule has 1 saturated carbocycles. The monoisotopic (exact) mass is 643 g/mol. The number of anilines is 1. The molecule has 0 amide bonds. The molecule has 1 aliphatic rings. The molecule has 0 heterocycles. The van der Waals surface area contributed by atoms with Crippen LogP contribution in [0.1, 0.15) is 51.2 Å². The zero-order valence-corrected chi connectivity index (χ0v) is 24.3. The fourth-order valence-corrected chi connectivity index (χ4v) is 6.72. The van der Waals surface area contributed by atoms with E-state index in [1.54, 1.807) is 6.07 Å². The molecule has 0 aliphatic heterocycles. The van der Waals surface area contributed by atoms with Crippen LogP contribution in [0, 0.1) is 26.8 Å². The molecule has 1 N–H and O–H groups in total. The van der Waals surface area contributed by atoms with Crippen molar-refractivity contribution in [3.8, 4) is 0 Å². The fourth-order valence-electron chi connectivity index (χ4n) is 3.52. The number of hydrogen-bond donors (Lipinski definition) is 1. The Morgan fingerprint density at radius 2 is 1.69 bits per heavy atom. The summed E-state index contributed by atoms with van der Waals surface area (Å²) in [5.74, 6) is -4.85. The summed E-state index contributed by atoms with van der Waals surface area (Å²) in [5, 5.41) is -0.0463. The summed E-state index contributed by atoms with van der Waals surface area (Å²) in [5.41, 5.74) is -1.29. The van der Waals surface area contributed by atoms with Crippen LogP contribution in [0.15, 0.2) is 24.3 Å². The third-order valence-electron chi connectivity index (χ3n) is 7.09. The van der Waals surface area contributed by atoms with Crippen molar-refractivity contribution in [3.05, 3.63) is 62.2 Å². The highest BCUT2D eigenvalue weighted by Crippen LogP contribution is 2.48. The predicted molar refractivity (Wildman–Crippen MR) is 141 cm³/mol. The van der Waals surface area contributed by atoms with Crippen LogP contribution in [0.25, 0.3) is 0 Å². The van der Waals surface area contributed by atoms with E-state index in [9.17, 15) is 26.0 Å². The van der Waals surface area contributed by atoms with E-state index in [2.05, 4.69) is 38.6 Å². The lowest BCUT2D eigenvalue weighted by Gasteiger charge is -2.36. The Kier molecular flexibility index (Phi) is 8.06. The van der Waals surface area contributed by atoms with E-state index in [-0.39, 0.29) is 23.6 Å². The highest BCUT2D eigenvalue weighted by atomic mass is 127. The molecule has 0 saturated heterocycles. The van der Waals surface area contributed by atoms with Gasteiger partial charge in [0.25, 0.3) is 0 Å². The molecular weight excluding hydrogens is 613 g/mol. The average Bonchev–Trinajstić information content (AvgIpc) is 3.51. The minimum absolute atomic E-state index is 0.0151. The van der Waals surface area contributed by atoms with Crippen LogP contribution in [-0.4, -0.2) is 28.1 Å². The Bertz CT molecular complexity index is 1230. The molecule has 1 fully saturated rings. The van der Waals surface area contributed by atoms with Gasteiger partial charge in [0.1, 0.15) is 5.82 Å². The quantitative estimate of drug-likeness (QED) is 0.137. The fraction of sp³-hybridized carbons (Fsp3) is 0.500. The molecule has 35 heavy (non-hydrogen) atoms. The SMILES string of the molecule is CC(C)(C)[Si](C)(C)OCCC1(S(=O)(=O)Nc2c(F)cc(F)c(F)c2Cc2ccc(I)cc2F)CC1. The molecule has 0 aromatic heterocycles. The summed E-state index contributed by atoms with van der Waals surface area (Å²) in [4.78, 5) is 0. The highest BCUT2D eigenvalue weighted by molar-refractivity contribution is 14.1. The van der Waals surface area contributed by atoms with Crippen molar-refractivity contribution in [2.45, 2.75) is 69.3 Å². The molecule has 11 heteroatoms. The second-order valence-corrected chi connectivity index (χ2v) is 18.7. The first-order valence-corrected chi connectivity index (χ1v) is 16.7. The predicted octanol–water partition coefficient (Wildman–Crippen LogP) is 7.12. The zero-order chi connectivity index (χ0) is 26.4. The summed E-state index contributed by atoms with van der Waals surface area (Å²) >= 11 is 1.90. The summed E-state index contributed by atoms with van der Waals surface area (Å²) in [7, 11) is -6.27. The van der Waals surface area contributed by atoms with Gasteiger partial charge >= 0.3 is 0 Å². The molecule has 0 atom stereocenters. The molecule has 3 rings (SSSR count). The minimum atomic E-state index is -4.18. The van der Waals surface area contributed by atoms with Crippen molar-refractivity contribution in [2.24, 2.45) is 0 Å². The van der Waals surface area contributed by atoms with Gasteiger partial charge in [0.2, 0.25) is 10.0 Å². The van der Waals surface area contributed by atoms with Gasteiger partial charge in [-0.25, -0.2) is 26.0 Å². The molecule has 2 aromatic rings. The van der Waals surface area contributed by atoms with Crippen LogP contribution in [0.4, 0.5) is 23.2 Å². The number of halogens is 5. The van der Waals surface area contributed by atoms with Crippen molar-refractivity contribution in [2.75, 3.05) is 11.3 Å². The van der Waals surface area contributed by atoms with Gasteiger partial charge in [-0.1, -0.05) is 26.8 Å². The Hall–Kier alpha value is -1.18. The smallest absolute Gasteiger partial charge is 0.238 e. The zero-order valence-electron chi connectivity index (χ0n) is 20.4. The van der Waals surface area contributed by atoms with E-state index in [1.165, 1.54) is 12.1 Å². The number of hydrogen-bond acceptors (Lipinski definition) is 3. The highest BCUT2D eigenvalue weighted by Gasteiger charge is 2.55. The number of benzene rings is 2. The van der Waals surface area contributed by atoms with Gasteiger partial charge < -0.3 is 4.43 Å². The number of nitrogens with one attached hydrogen (secondary N) is 1. The lowest BCUT2D eigenvalue weighted by molar-refractivity contribution is 0.277. The number of sulfonamides is 1.